The van der Waals surface area contributed by atoms with Gasteiger partial charge in [-0.05, 0) is 82.5 Å². The van der Waals surface area contributed by atoms with E-state index in [0.29, 0.717) is 40.7 Å². The van der Waals surface area contributed by atoms with Crippen LogP contribution in [0.3, 0.4) is 0 Å². The average Bonchev–Trinajstić information content (AvgIpc) is 3.36. The number of halogens is 2. The molecule has 0 radical (unpaired) electrons. The SMILES string of the molecule is CC(C)(C)OC(=O)CC[C@@H](C(N)=O)N1Cc2c(OCc3ccc(SC4CCN(c5ccc(C#N)cc5F)CC4)nc3F)cccc2C1=O. The first-order valence-electron chi connectivity index (χ1n) is 15.7. The zero-order valence-electron chi connectivity index (χ0n) is 27.0. The largest absolute Gasteiger partial charge is 0.488 e. The number of nitrogens with zero attached hydrogens (tertiary/aromatic N) is 4. The fourth-order valence-corrected chi connectivity index (χ4v) is 6.87. The van der Waals surface area contributed by atoms with Gasteiger partial charge in [0.05, 0.1) is 28.9 Å². The van der Waals surface area contributed by atoms with Crippen LogP contribution >= 0.6 is 11.8 Å². The summed E-state index contributed by atoms with van der Waals surface area (Å²) in [7, 11) is 0. The van der Waals surface area contributed by atoms with Crippen molar-refractivity contribution in [1.29, 1.82) is 5.26 Å². The minimum atomic E-state index is -1.03. The van der Waals surface area contributed by atoms with Crippen LogP contribution in [0.15, 0.2) is 53.6 Å². The van der Waals surface area contributed by atoms with Crippen molar-refractivity contribution in [2.45, 2.75) is 81.5 Å². The smallest absolute Gasteiger partial charge is 0.306 e. The highest BCUT2D eigenvalue weighted by atomic mass is 32.2. The number of amides is 2. The summed E-state index contributed by atoms with van der Waals surface area (Å²) in [6, 6.07) is 13.7. The lowest BCUT2D eigenvalue weighted by atomic mass is 10.1. The van der Waals surface area contributed by atoms with E-state index in [1.807, 2.05) is 11.0 Å². The molecular formula is C35H37F2N5O5S. The Bertz CT molecular complexity index is 1750. The summed E-state index contributed by atoms with van der Waals surface area (Å²) in [5.74, 6) is -2.37. The number of hydrogen-bond acceptors (Lipinski definition) is 9. The van der Waals surface area contributed by atoms with Crippen LogP contribution in [0.25, 0.3) is 0 Å². The molecule has 10 nitrogen and oxygen atoms in total. The third-order valence-corrected chi connectivity index (χ3v) is 9.40. The molecule has 2 amide bonds. The molecule has 3 heterocycles. The van der Waals surface area contributed by atoms with Gasteiger partial charge in [0.2, 0.25) is 11.9 Å². The van der Waals surface area contributed by atoms with Gasteiger partial charge in [-0.25, -0.2) is 9.37 Å². The average molecular weight is 678 g/mol. The van der Waals surface area contributed by atoms with E-state index in [4.69, 9.17) is 20.5 Å². The number of hydrogen-bond donors (Lipinski definition) is 1. The van der Waals surface area contributed by atoms with Gasteiger partial charge in [-0.2, -0.15) is 9.65 Å². The van der Waals surface area contributed by atoms with Crippen LogP contribution < -0.4 is 15.4 Å². The number of benzene rings is 2. The zero-order valence-corrected chi connectivity index (χ0v) is 27.8. The molecular weight excluding hydrogens is 640 g/mol. The second-order valence-electron chi connectivity index (χ2n) is 12.7. The fourth-order valence-electron chi connectivity index (χ4n) is 5.81. The van der Waals surface area contributed by atoms with Gasteiger partial charge in [-0.15, -0.1) is 11.8 Å². The first-order chi connectivity index (χ1) is 22.8. The number of primary amides is 1. The highest BCUT2D eigenvalue weighted by Gasteiger charge is 2.37. The first-order valence-corrected chi connectivity index (χ1v) is 16.5. The third kappa shape index (κ3) is 8.23. The van der Waals surface area contributed by atoms with Crippen LogP contribution in [-0.2, 0) is 27.5 Å². The Kier molecular flexibility index (Phi) is 10.5. The van der Waals surface area contributed by atoms with E-state index in [-0.39, 0.29) is 42.4 Å². The summed E-state index contributed by atoms with van der Waals surface area (Å²) in [5, 5.41) is 9.69. The molecule has 13 heteroatoms. The monoisotopic (exact) mass is 677 g/mol. The fraction of sp³-hybridized carbons (Fsp3) is 0.400. The van der Waals surface area contributed by atoms with Gasteiger partial charge in [0.15, 0.2) is 0 Å². The predicted molar refractivity (Wildman–Crippen MR) is 175 cm³/mol. The molecule has 0 saturated carbocycles. The topological polar surface area (TPSA) is 139 Å². The first kappa shape index (κ1) is 34.6. The van der Waals surface area contributed by atoms with Crippen molar-refractivity contribution in [1.82, 2.24) is 9.88 Å². The van der Waals surface area contributed by atoms with Gasteiger partial charge in [0, 0.05) is 41.5 Å². The Balaban J connectivity index is 1.17. The van der Waals surface area contributed by atoms with Gasteiger partial charge in [-0.1, -0.05) is 6.07 Å². The van der Waals surface area contributed by atoms with E-state index in [0.717, 1.165) is 12.8 Å². The molecule has 2 aromatic carbocycles. The number of nitrogens with two attached hydrogens (primary N) is 1. The summed E-state index contributed by atoms with van der Waals surface area (Å²) in [5.41, 5.74) is 6.82. The summed E-state index contributed by atoms with van der Waals surface area (Å²) < 4.78 is 40.9. The number of thioether (sulfide) groups is 1. The van der Waals surface area contributed by atoms with E-state index in [2.05, 4.69) is 4.98 Å². The van der Waals surface area contributed by atoms with Crippen molar-refractivity contribution in [2.24, 2.45) is 5.73 Å². The van der Waals surface area contributed by atoms with Crippen molar-refractivity contribution in [3.8, 4) is 11.8 Å². The van der Waals surface area contributed by atoms with Crippen LogP contribution in [0.4, 0.5) is 14.5 Å². The van der Waals surface area contributed by atoms with E-state index in [1.165, 1.54) is 22.7 Å². The van der Waals surface area contributed by atoms with Crippen LogP contribution in [-0.4, -0.2) is 57.6 Å². The molecule has 0 spiro atoms. The highest BCUT2D eigenvalue weighted by Crippen LogP contribution is 2.35. The minimum Gasteiger partial charge on any atom is -0.488 e. The Labute approximate surface area is 282 Å². The summed E-state index contributed by atoms with van der Waals surface area (Å²) in [6.07, 6.45) is 1.43. The van der Waals surface area contributed by atoms with Crippen molar-refractivity contribution in [3.05, 3.63) is 82.5 Å². The molecule has 0 bridgehead atoms. The number of ether oxygens (including phenoxy) is 2. The Morgan fingerprint density at radius 1 is 1.15 bits per heavy atom. The number of piperidine rings is 1. The summed E-state index contributed by atoms with van der Waals surface area (Å²) in [4.78, 5) is 45.3. The molecule has 0 unspecified atom stereocenters. The van der Waals surface area contributed by atoms with Crippen LogP contribution in [0, 0.1) is 23.1 Å². The normalized spacial score (nSPS) is 15.5. The van der Waals surface area contributed by atoms with Gasteiger partial charge in [-0.3, -0.25) is 14.4 Å². The van der Waals surface area contributed by atoms with E-state index in [9.17, 15) is 18.8 Å². The number of esters is 1. The number of rotatable bonds is 11. The third-order valence-electron chi connectivity index (χ3n) is 8.13. The Hall–Kier alpha value is -4.70. The van der Waals surface area contributed by atoms with E-state index < -0.39 is 41.2 Å². The second kappa shape index (κ2) is 14.6. The van der Waals surface area contributed by atoms with Gasteiger partial charge >= 0.3 is 5.97 Å². The molecule has 1 saturated heterocycles. The van der Waals surface area contributed by atoms with Crippen LogP contribution in [0.2, 0.25) is 0 Å². The molecule has 1 atom stereocenters. The minimum absolute atomic E-state index is 0.0101. The van der Waals surface area contributed by atoms with Crippen molar-refractivity contribution in [2.75, 3.05) is 18.0 Å². The molecule has 1 aromatic heterocycles. The Morgan fingerprint density at radius 2 is 1.90 bits per heavy atom. The lowest BCUT2D eigenvalue weighted by molar-refractivity contribution is -0.155. The molecule has 2 aliphatic rings. The molecule has 0 aliphatic carbocycles. The molecule has 2 aliphatic heterocycles. The molecule has 48 heavy (non-hydrogen) atoms. The highest BCUT2D eigenvalue weighted by molar-refractivity contribution is 7.99. The van der Waals surface area contributed by atoms with Crippen LogP contribution in [0.1, 0.15) is 73.5 Å². The summed E-state index contributed by atoms with van der Waals surface area (Å²) in [6.45, 7) is 6.38. The van der Waals surface area contributed by atoms with Gasteiger partial charge in [0.25, 0.3) is 5.91 Å². The quantitative estimate of drug-likeness (QED) is 0.206. The lowest BCUT2D eigenvalue weighted by Gasteiger charge is -2.33. The standard InChI is InChI=1S/C35H37F2N5O5S/c1-35(2,3)47-31(43)12-10-28(33(39)44)42-19-25-24(34(42)45)5-4-6-29(25)46-20-22-8-11-30(40-32(22)37)48-23-13-15-41(16-14-23)27-9-7-21(18-38)17-26(27)36/h4-9,11,17,23,28H,10,12-16,19-20H2,1-3H3,(H2,39,44)/t28-/m0/s1. The Morgan fingerprint density at radius 3 is 2.54 bits per heavy atom. The number of carbonyl (C=O) groups excluding carboxylic acids is 3. The van der Waals surface area contributed by atoms with E-state index >= 15 is 4.39 Å². The number of anilines is 1. The maximum atomic E-state index is 15.1. The van der Waals surface area contributed by atoms with Gasteiger partial charge in [0.1, 0.15) is 29.8 Å². The lowest BCUT2D eigenvalue weighted by Crippen LogP contribution is -2.45. The van der Waals surface area contributed by atoms with Crippen LogP contribution in [0.5, 0.6) is 5.75 Å². The molecule has 5 rings (SSSR count). The maximum absolute atomic E-state index is 15.1. The number of carbonyl (C=O) groups is 3. The maximum Gasteiger partial charge on any atom is 0.306 e. The predicted octanol–water partition coefficient (Wildman–Crippen LogP) is 5.50. The molecule has 252 valence electrons. The van der Waals surface area contributed by atoms with Crippen molar-refractivity contribution < 1.29 is 32.6 Å². The van der Waals surface area contributed by atoms with E-state index in [1.54, 1.807) is 63.2 Å². The number of aromatic nitrogens is 1. The van der Waals surface area contributed by atoms with Crippen molar-refractivity contribution in [3.63, 3.8) is 0 Å². The number of nitriles is 1. The van der Waals surface area contributed by atoms with Crippen molar-refractivity contribution >= 4 is 35.2 Å². The zero-order chi connectivity index (χ0) is 34.6. The molecule has 3 aromatic rings. The molecule has 2 N–H and O–H groups in total. The summed E-state index contributed by atoms with van der Waals surface area (Å²) >= 11 is 1.47. The second-order valence-corrected chi connectivity index (χ2v) is 14.0. The number of pyridine rings is 1. The number of fused-ring (bicyclic) bond motifs is 1. The molecule has 1 fully saturated rings. The van der Waals surface area contributed by atoms with Gasteiger partial charge < -0.3 is 25.0 Å².